The van der Waals surface area contributed by atoms with Gasteiger partial charge in [0.05, 0.1) is 5.56 Å². The molecular formula is C21H19ClN4O. The van der Waals surface area contributed by atoms with E-state index in [-0.39, 0.29) is 11.9 Å². The predicted molar refractivity (Wildman–Crippen MR) is 106 cm³/mol. The van der Waals surface area contributed by atoms with Crippen LogP contribution in [0.15, 0.2) is 60.9 Å². The second kappa shape index (κ2) is 7.37. The molecule has 1 amide bonds. The van der Waals surface area contributed by atoms with Crippen LogP contribution in [-0.2, 0) is 13.0 Å². The zero-order chi connectivity index (χ0) is 18.8. The summed E-state index contributed by atoms with van der Waals surface area (Å²) in [6.07, 6.45) is 4.09. The Labute approximate surface area is 163 Å². The molecule has 27 heavy (non-hydrogen) atoms. The fraction of sp³-hybridized carbons (Fsp3) is 0.190. The zero-order valence-electron chi connectivity index (χ0n) is 14.9. The largest absolute Gasteiger partial charge is 0.348 e. The van der Waals surface area contributed by atoms with E-state index in [0.29, 0.717) is 23.1 Å². The number of amides is 1. The third-order valence-corrected chi connectivity index (χ3v) is 5.09. The summed E-state index contributed by atoms with van der Waals surface area (Å²) in [5, 5.41) is 3.48. The molecule has 4 rings (SSSR count). The van der Waals surface area contributed by atoms with Crippen LogP contribution in [0.4, 0.5) is 11.6 Å². The molecule has 2 heterocycles. The number of hydrogen-bond donors (Lipinski definition) is 1. The maximum absolute atomic E-state index is 12.4. The molecule has 1 aliphatic heterocycles. The first kappa shape index (κ1) is 17.5. The summed E-state index contributed by atoms with van der Waals surface area (Å²) >= 11 is 6.12. The van der Waals surface area contributed by atoms with Crippen LogP contribution >= 0.6 is 11.6 Å². The van der Waals surface area contributed by atoms with Crippen molar-refractivity contribution in [2.24, 2.45) is 0 Å². The van der Waals surface area contributed by atoms with Gasteiger partial charge < -0.3 is 10.2 Å². The van der Waals surface area contributed by atoms with E-state index in [2.05, 4.69) is 39.2 Å². The van der Waals surface area contributed by atoms with Crippen molar-refractivity contribution in [1.29, 1.82) is 0 Å². The summed E-state index contributed by atoms with van der Waals surface area (Å²) in [6.45, 7) is 2.50. The first-order valence-corrected chi connectivity index (χ1v) is 9.22. The van der Waals surface area contributed by atoms with E-state index in [1.807, 2.05) is 30.3 Å². The van der Waals surface area contributed by atoms with E-state index in [4.69, 9.17) is 11.6 Å². The topological polar surface area (TPSA) is 58.1 Å². The Morgan fingerprint density at radius 3 is 2.63 bits per heavy atom. The Balaban J connectivity index is 1.48. The highest BCUT2D eigenvalue weighted by Gasteiger charge is 2.28. The molecule has 0 spiro atoms. The second-order valence-corrected chi connectivity index (χ2v) is 7.00. The number of nitrogens with one attached hydrogen (secondary N) is 1. The average Bonchev–Trinajstić information content (AvgIpc) is 3.03. The molecule has 0 bridgehead atoms. The molecule has 0 saturated carbocycles. The van der Waals surface area contributed by atoms with Crippen LogP contribution in [-0.4, -0.2) is 21.9 Å². The van der Waals surface area contributed by atoms with Crippen molar-refractivity contribution in [3.8, 4) is 0 Å². The maximum Gasteiger partial charge on any atom is 0.254 e. The summed E-state index contributed by atoms with van der Waals surface area (Å²) < 4.78 is 0. The monoisotopic (exact) mass is 378 g/mol. The molecule has 1 N–H and O–H groups in total. The van der Waals surface area contributed by atoms with Crippen molar-refractivity contribution >= 4 is 29.1 Å². The van der Waals surface area contributed by atoms with Gasteiger partial charge in [0.1, 0.15) is 0 Å². The lowest BCUT2D eigenvalue weighted by Gasteiger charge is -2.22. The van der Waals surface area contributed by atoms with Gasteiger partial charge in [0.2, 0.25) is 5.95 Å². The Bertz CT molecular complexity index is 974. The summed E-state index contributed by atoms with van der Waals surface area (Å²) in [5.41, 5.74) is 3.70. The Morgan fingerprint density at radius 2 is 1.85 bits per heavy atom. The van der Waals surface area contributed by atoms with E-state index in [9.17, 15) is 4.79 Å². The van der Waals surface area contributed by atoms with Gasteiger partial charge >= 0.3 is 0 Å². The fourth-order valence-electron chi connectivity index (χ4n) is 3.35. The van der Waals surface area contributed by atoms with Crippen LogP contribution in [0.2, 0.25) is 5.02 Å². The molecule has 0 saturated heterocycles. The third kappa shape index (κ3) is 3.51. The van der Waals surface area contributed by atoms with Gasteiger partial charge in [0.25, 0.3) is 5.91 Å². The Hall–Kier alpha value is -2.92. The van der Waals surface area contributed by atoms with Gasteiger partial charge in [-0.3, -0.25) is 4.79 Å². The summed E-state index contributed by atoms with van der Waals surface area (Å²) in [7, 11) is 0. The molecule has 1 atom stereocenters. The first-order valence-electron chi connectivity index (χ1n) is 8.84. The molecule has 5 nitrogen and oxygen atoms in total. The van der Waals surface area contributed by atoms with Crippen molar-refractivity contribution in [2.75, 3.05) is 4.90 Å². The molecule has 0 fully saturated rings. The lowest BCUT2D eigenvalue weighted by Crippen LogP contribution is -2.27. The normalized spacial score (nSPS) is 15.5. The van der Waals surface area contributed by atoms with Gasteiger partial charge in [-0.05, 0) is 36.6 Å². The number of benzene rings is 2. The number of carbonyl (C=O) groups is 1. The van der Waals surface area contributed by atoms with Crippen LogP contribution in [0.3, 0.4) is 0 Å². The van der Waals surface area contributed by atoms with E-state index < -0.39 is 0 Å². The highest BCUT2D eigenvalue weighted by molar-refractivity contribution is 6.31. The standard InChI is InChI=1S/C21H19ClN4O/c1-14-10-15-6-3-5-9-19(15)26(14)21-24-12-17(13-25-21)20(27)23-11-16-7-2-4-8-18(16)22/h2-9,12-14H,10-11H2,1H3,(H,23,27). The lowest BCUT2D eigenvalue weighted by atomic mass is 10.1. The quantitative estimate of drug-likeness (QED) is 0.741. The van der Waals surface area contributed by atoms with Gasteiger partial charge in [-0.1, -0.05) is 48.0 Å². The second-order valence-electron chi connectivity index (χ2n) is 6.60. The smallest absolute Gasteiger partial charge is 0.254 e. The third-order valence-electron chi connectivity index (χ3n) is 4.72. The number of fused-ring (bicyclic) bond motifs is 1. The highest BCUT2D eigenvalue weighted by atomic mass is 35.5. The van der Waals surface area contributed by atoms with Gasteiger partial charge in [0.15, 0.2) is 0 Å². The number of halogens is 1. The van der Waals surface area contributed by atoms with Crippen LogP contribution in [0.1, 0.15) is 28.4 Å². The number of aromatic nitrogens is 2. The number of carbonyl (C=O) groups excluding carboxylic acids is 1. The minimum absolute atomic E-state index is 0.226. The van der Waals surface area contributed by atoms with Crippen molar-refractivity contribution in [2.45, 2.75) is 25.9 Å². The number of hydrogen-bond acceptors (Lipinski definition) is 4. The molecule has 1 unspecified atom stereocenters. The van der Waals surface area contributed by atoms with Gasteiger partial charge in [-0.25, -0.2) is 9.97 Å². The average molecular weight is 379 g/mol. The molecular weight excluding hydrogens is 360 g/mol. The molecule has 2 aromatic carbocycles. The van der Waals surface area contributed by atoms with Crippen LogP contribution in [0.25, 0.3) is 0 Å². The lowest BCUT2D eigenvalue weighted by molar-refractivity contribution is 0.0950. The van der Waals surface area contributed by atoms with Gasteiger partial charge in [-0.2, -0.15) is 0 Å². The van der Waals surface area contributed by atoms with Crippen molar-refractivity contribution in [3.63, 3.8) is 0 Å². The minimum Gasteiger partial charge on any atom is -0.348 e. The molecule has 1 aromatic heterocycles. The number of anilines is 2. The van der Waals surface area contributed by atoms with Crippen molar-refractivity contribution in [1.82, 2.24) is 15.3 Å². The van der Waals surface area contributed by atoms with Crippen LogP contribution in [0, 0.1) is 0 Å². The molecule has 0 radical (unpaired) electrons. The SMILES string of the molecule is CC1Cc2ccccc2N1c1ncc(C(=O)NCc2ccccc2Cl)cn1. The van der Waals surface area contributed by atoms with Crippen molar-refractivity contribution < 1.29 is 4.79 Å². The van der Waals surface area contributed by atoms with Gasteiger partial charge in [-0.15, -0.1) is 0 Å². The fourth-order valence-corrected chi connectivity index (χ4v) is 3.56. The number of rotatable bonds is 4. The van der Waals surface area contributed by atoms with Crippen LogP contribution < -0.4 is 10.2 Å². The predicted octanol–water partition coefficient (Wildman–Crippen LogP) is 4.14. The summed E-state index contributed by atoms with van der Waals surface area (Å²) in [4.78, 5) is 23.4. The molecule has 6 heteroatoms. The maximum atomic E-state index is 12.4. The first-order chi connectivity index (χ1) is 13.1. The summed E-state index contributed by atoms with van der Waals surface area (Å²) in [5.74, 6) is 0.381. The van der Waals surface area contributed by atoms with E-state index in [1.165, 1.54) is 5.56 Å². The Morgan fingerprint density at radius 1 is 1.15 bits per heavy atom. The highest BCUT2D eigenvalue weighted by Crippen LogP contribution is 2.36. The minimum atomic E-state index is -0.226. The van der Waals surface area contributed by atoms with E-state index in [1.54, 1.807) is 18.5 Å². The summed E-state index contributed by atoms with van der Waals surface area (Å²) in [6, 6.07) is 16.0. The van der Waals surface area contributed by atoms with Gasteiger partial charge in [0, 0.05) is 35.7 Å². The van der Waals surface area contributed by atoms with E-state index >= 15 is 0 Å². The Kier molecular flexibility index (Phi) is 4.77. The molecule has 3 aromatic rings. The van der Waals surface area contributed by atoms with E-state index in [0.717, 1.165) is 17.7 Å². The van der Waals surface area contributed by atoms with Crippen LogP contribution in [0.5, 0.6) is 0 Å². The molecule has 136 valence electrons. The molecule has 1 aliphatic rings. The zero-order valence-corrected chi connectivity index (χ0v) is 15.6. The molecule has 0 aliphatic carbocycles. The van der Waals surface area contributed by atoms with Crippen molar-refractivity contribution in [3.05, 3.63) is 82.6 Å². The number of nitrogens with zero attached hydrogens (tertiary/aromatic N) is 3. The number of para-hydroxylation sites is 1.